The first-order valence-electron chi connectivity index (χ1n) is 10.8. The Morgan fingerprint density at radius 1 is 1.16 bits per heavy atom. The van der Waals surface area contributed by atoms with Gasteiger partial charge >= 0.3 is 5.97 Å². The number of fused-ring (bicyclic) bond motifs is 1. The maximum Gasteiger partial charge on any atom is 0.338 e. The average Bonchev–Trinajstić information content (AvgIpc) is 2.76. The Morgan fingerprint density at radius 3 is 2.59 bits per heavy atom. The maximum atomic E-state index is 13.5. The van der Waals surface area contributed by atoms with Crippen LogP contribution in [0.25, 0.3) is 22.3 Å². The second-order valence-electron chi connectivity index (χ2n) is 9.36. The van der Waals surface area contributed by atoms with E-state index < -0.39 is 0 Å². The van der Waals surface area contributed by atoms with Gasteiger partial charge in [-0.25, -0.2) is 19.2 Å². The molecule has 32 heavy (non-hydrogen) atoms. The molecule has 1 fully saturated rings. The second kappa shape index (κ2) is 8.82. The van der Waals surface area contributed by atoms with Gasteiger partial charge < -0.3 is 14.4 Å². The summed E-state index contributed by atoms with van der Waals surface area (Å²) in [7, 11) is 0. The summed E-state index contributed by atoms with van der Waals surface area (Å²) >= 11 is 0. The average molecular weight is 438 g/mol. The summed E-state index contributed by atoms with van der Waals surface area (Å²) < 4.78 is 24.6. The topological polar surface area (TPSA) is 64.5 Å². The van der Waals surface area contributed by atoms with Crippen LogP contribution in [-0.2, 0) is 9.47 Å². The molecule has 6 nitrogen and oxygen atoms in total. The molecule has 3 aromatic rings. The van der Waals surface area contributed by atoms with E-state index in [1.807, 2.05) is 20.8 Å². The molecule has 1 aromatic heterocycles. The number of hydrogen-bond donors (Lipinski definition) is 0. The van der Waals surface area contributed by atoms with Gasteiger partial charge in [0.05, 0.1) is 42.5 Å². The number of carbonyl (C=O) groups is 1. The van der Waals surface area contributed by atoms with Crippen LogP contribution >= 0.6 is 0 Å². The van der Waals surface area contributed by atoms with Crippen molar-refractivity contribution in [2.45, 2.75) is 33.7 Å². The molecular weight excluding hydrogens is 409 g/mol. The minimum absolute atomic E-state index is 0.106. The summed E-state index contributed by atoms with van der Waals surface area (Å²) in [4.78, 5) is 24.5. The molecule has 1 aliphatic rings. The Morgan fingerprint density at radius 2 is 1.91 bits per heavy atom. The molecule has 0 saturated carbocycles. The zero-order valence-corrected chi connectivity index (χ0v) is 18.9. The van der Waals surface area contributed by atoms with Gasteiger partial charge in [0.1, 0.15) is 11.5 Å². The molecule has 0 spiro atoms. The van der Waals surface area contributed by atoms with Crippen molar-refractivity contribution >= 4 is 22.8 Å². The number of anilines is 1. The minimum atomic E-state index is -0.382. The number of halogens is 1. The van der Waals surface area contributed by atoms with Crippen molar-refractivity contribution in [1.82, 2.24) is 9.97 Å². The summed E-state index contributed by atoms with van der Waals surface area (Å²) in [6.45, 7) is 10.3. The van der Waals surface area contributed by atoms with Crippen LogP contribution in [0.5, 0.6) is 0 Å². The van der Waals surface area contributed by atoms with Gasteiger partial charge in [0, 0.05) is 12.1 Å². The van der Waals surface area contributed by atoms with E-state index in [0.29, 0.717) is 54.5 Å². The van der Waals surface area contributed by atoms with Crippen LogP contribution in [0.1, 0.15) is 38.1 Å². The fourth-order valence-electron chi connectivity index (χ4n) is 3.58. The van der Waals surface area contributed by atoms with Crippen molar-refractivity contribution in [2.75, 3.05) is 31.3 Å². The standard InChI is InChI=1S/C25H28FN3O3/c1-16-14-31-12-11-29(16)23-22(17-5-8-19(26)9-6-17)27-20-10-7-18(13-21(20)28-23)24(30)32-15-25(2,3)4/h5-10,13,16H,11-12,14-15H2,1-4H3/t16-/m0/s1. The van der Waals surface area contributed by atoms with Gasteiger partial charge in [0.15, 0.2) is 5.82 Å². The highest BCUT2D eigenvalue weighted by atomic mass is 19.1. The van der Waals surface area contributed by atoms with Gasteiger partial charge in [0.2, 0.25) is 0 Å². The molecule has 0 bridgehead atoms. The predicted molar refractivity (Wildman–Crippen MR) is 122 cm³/mol. The highest BCUT2D eigenvalue weighted by molar-refractivity contribution is 5.94. The SMILES string of the molecule is C[C@H]1COCCN1c1nc2cc(C(=O)OCC(C)(C)C)ccc2nc1-c1ccc(F)cc1. The van der Waals surface area contributed by atoms with E-state index >= 15 is 0 Å². The van der Waals surface area contributed by atoms with Crippen molar-refractivity contribution in [1.29, 1.82) is 0 Å². The molecule has 0 N–H and O–H groups in total. The molecule has 2 heterocycles. The molecule has 168 valence electrons. The smallest absolute Gasteiger partial charge is 0.338 e. The number of aromatic nitrogens is 2. The van der Waals surface area contributed by atoms with E-state index in [1.54, 1.807) is 30.3 Å². The van der Waals surface area contributed by atoms with E-state index in [9.17, 15) is 9.18 Å². The fraction of sp³-hybridized carbons (Fsp3) is 0.400. The molecule has 1 atom stereocenters. The van der Waals surface area contributed by atoms with Crippen LogP contribution in [0.15, 0.2) is 42.5 Å². The molecule has 7 heteroatoms. The van der Waals surface area contributed by atoms with Gasteiger partial charge in [-0.15, -0.1) is 0 Å². The summed E-state index contributed by atoms with van der Waals surface area (Å²) in [6.07, 6.45) is 0. The van der Waals surface area contributed by atoms with Crippen molar-refractivity contribution in [2.24, 2.45) is 5.41 Å². The number of hydrogen-bond acceptors (Lipinski definition) is 6. The van der Waals surface area contributed by atoms with Crippen molar-refractivity contribution in [3.05, 3.63) is 53.8 Å². The summed E-state index contributed by atoms with van der Waals surface area (Å²) in [5, 5.41) is 0. The third kappa shape index (κ3) is 4.88. The molecule has 0 radical (unpaired) electrons. The van der Waals surface area contributed by atoms with E-state index in [-0.39, 0.29) is 23.2 Å². The van der Waals surface area contributed by atoms with Crippen LogP contribution in [0.4, 0.5) is 10.2 Å². The van der Waals surface area contributed by atoms with E-state index in [2.05, 4.69) is 11.8 Å². The first kappa shape index (κ1) is 22.1. The molecule has 0 aliphatic carbocycles. The van der Waals surface area contributed by atoms with Crippen molar-refractivity contribution in [3.8, 4) is 11.3 Å². The fourth-order valence-corrected chi connectivity index (χ4v) is 3.58. The number of benzene rings is 2. The Hall–Kier alpha value is -3.06. The van der Waals surface area contributed by atoms with Gasteiger partial charge in [-0.2, -0.15) is 0 Å². The molecule has 1 saturated heterocycles. The van der Waals surface area contributed by atoms with E-state index in [0.717, 1.165) is 5.56 Å². The molecule has 4 rings (SSSR count). The number of nitrogens with zero attached hydrogens (tertiary/aromatic N) is 3. The number of esters is 1. The Bertz CT molecular complexity index is 1130. The number of rotatable bonds is 4. The molecule has 2 aromatic carbocycles. The van der Waals surface area contributed by atoms with Gasteiger partial charge in [-0.05, 0) is 54.8 Å². The summed E-state index contributed by atoms with van der Waals surface area (Å²) in [5.74, 6) is 0.00911. The number of carbonyl (C=O) groups excluding carboxylic acids is 1. The van der Waals surface area contributed by atoms with Crippen LogP contribution in [-0.4, -0.2) is 48.3 Å². The van der Waals surface area contributed by atoms with Gasteiger partial charge in [-0.3, -0.25) is 0 Å². The molecule has 1 aliphatic heterocycles. The van der Waals surface area contributed by atoms with E-state index in [1.165, 1.54) is 12.1 Å². The molecular formula is C25H28FN3O3. The van der Waals surface area contributed by atoms with Crippen LogP contribution < -0.4 is 4.90 Å². The van der Waals surface area contributed by atoms with Gasteiger partial charge in [0.25, 0.3) is 0 Å². The zero-order valence-electron chi connectivity index (χ0n) is 18.9. The zero-order chi connectivity index (χ0) is 22.9. The first-order valence-corrected chi connectivity index (χ1v) is 10.8. The Labute approximate surface area is 187 Å². The lowest BCUT2D eigenvalue weighted by molar-refractivity contribution is 0.0367. The summed E-state index contributed by atoms with van der Waals surface area (Å²) in [6, 6.07) is 11.6. The number of ether oxygens (including phenoxy) is 2. The van der Waals surface area contributed by atoms with Crippen LogP contribution in [0.3, 0.4) is 0 Å². The summed E-state index contributed by atoms with van der Waals surface area (Å²) in [5.41, 5.74) is 3.04. The van der Waals surface area contributed by atoms with E-state index in [4.69, 9.17) is 19.4 Å². The monoisotopic (exact) mass is 437 g/mol. The van der Waals surface area contributed by atoms with Crippen molar-refractivity contribution in [3.63, 3.8) is 0 Å². The Kier molecular flexibility index (Phi) is 6.11. The number of morpholine rings is 1. The van der Waals surface area contributed by atoms with Crippen LogP contribution in [0.2, 0.25) is 0 Å². The minimum Gasteiger partial charge on any atom is -0.462 e. The highest BCUT2D eigenvalue weighted by Gasteiger charge is 2.25. The van der Waals surface area contributed by atoms with Crippen molar-refractivity contribution < 1.29 is 18.7 Å². The lowest BCUT2D eigenvalue weighted by Gasteiger charge is -2.35. The lowest BCUT2D eigenvalue weighted by Crippen LogP contribution is -2.44. The lowest BCUT2D eigenvalue weighted by atomic mass is 9.99. The Balaban J connectivity index is 1.78. The predicted octanol–water partition coefficient (Wildman–Crippen LogP) is 4.86. The largest absolute Gasteiger partial charge is 0.462 e. The van der Waals surface area contributed by atoms with Crippen LogP contribution in [0, 0.1) is 11.2 Å². The highest BCUT2D eigenvalue weighted by Crippen LogP contribution is 2.32. The first-order chi connectivity index (χ1) is 15.2. The van der Waals surface area contributed by atoms with Gasteiger partial charge in [-0.1, -0.05) is 20.8 Å². The third-order valence-corrected chi connectivity index (χ3v) is 5.28. The molecule has 0 amide bonds. The molecule has 0 unspecified atom stereocenters. The quantitative estimate of drug-likeness (QED) is 0.543. The third-order valence-electron chi connectivity index (χ3n) is 5.28. The normalized spacial score (nSPS) is 16.9. The maximum absolute atomic E-state index is 13.5. The second-order valence-corrected chi connectivity index (χ2v) is 9.36.